The molecule has 4 heteroatoms. The highest BCUT2D eigenvalue weighted by atomic mass is 16.2. The molecule has 0 radical (unpaired) electrons. The van der Waals surface area contributed by atoms with Crippen molar-refractivity contribution in [3.8, 4) is 0 Å². The minimum Gasteiger partial charge on any atom is -0.400 e. The smallest absolute Gasteiger partial charge is 0.0324 e. The van der Waals surface area contributed by atoms with Crippen LogP contribution in [0.2, 0.25) is 0 Å². The molecule has 0 aliphatic carbocycles. The first kappa shape index (κ1) is 34.3. The van der Waals surface area contributed by atoms with E-state index in [1.54, 1.807) is 6.08 Å². The summed E-state index contributed by atoms with van der Waals surface area (Å²) < 4.78 is 0. The number of hydrogen-bond acceptors (Lipinski definition) is 4. The van der Waals surface area contributed by atoms with Gasteiger partial charge in [0, 0.05) is 44.5 Å². The zero-order valence-corrected chi connectivity index (χ0v) is 22.1. The summed E-state index contributed by atoms with van der Waals surface area (Å²) in [6.07, 6.45) is 8.51. The van der Waals surface area contributed by atoms with Crippen LogP contribution in [-0.4, -0.2) is 60.8 Å². The molecule has 184 valence electrons. The Morgan fingerprint density at radius 3 is 1.97 bits per heavy atom. The number of allylic oxidation sites excluding steroid dienone is 2. The molecule has 3 N–H and O–H groups in total. The molecule has 1 unspecified atom stereocenters. The van der Waals surface area contributed by atoms with Gasteiger partial charge in [0.1, 0.15) is 0 Å². The van der Waals surface area contributed by atoms with Gasteiger partial charge >= 0.3 is 0 Å². The lowest BCUT2D eigenvalue weighted by Gasteiger charge is -2.45. The van der Waals surface area contributed by atoms with Crippen LogP contribution in [-0.2, 0) is 0 Å². The minimum atomic E-state index is 0.514. The van der Waals surface area contributed by atoms with Crippen LogP contribution in [0.5, 0.6) is 0 Å². The van der Waals surface area contributed by atoms with Gasteiger partial charge in [0.25, 0.3) is 0 Å². The summed E-state index contributed by atoms with van der Waals surface area (Å²) >= 11 is 0. The molecule has 0 amide bonds. The van der Waals surface area contributed by atoms with Crippen LogP contribution in [0.3, 0.4) is 0 Å². The summed E-state index contributed by atoms with van der Waals surface area (Å²) in [7, 11) is 3.17. The van der Waals surface area contributed by atoms with E-state index in [0.717, 1.165) is 36.8 Å². The topological polar surface area (TPSA) is 52.7 Å². The third-order valence-electron chi connectivity index (χ3n) is 5.79. The van der Waals surface area contributed by atoms with E-state index in [1.807, 2.05) is 6.92 Å². The second kappa shape index (κ2) is 20.5. The zero-order valence-electron chi connectivity index (χ0n) is 22.1. The molecule has 0 aromatic rings. The number of aliphatic hydroxyl groups excluding tert-OH is 1. The van der Waals surface area contributed by atoms with Crippen molar-refractivity contribution in [3.63, 3.8) is 0 Å². The van der Waals surface area contributed by atoms with Gasteiger partial charge in [-0.1, -0.05) is 51.7 Å². The minimum absolute atomic E-state index is 0.514. The van der Waals surface area contributed by atoms with Crippen LogP contribution < -0.4 is 5.73 Å². The maximum Gasteiger partial charge on any atom is 0.0324 e. The first-order chi connectivity index (χ1) is 14.5. The van der Waals surface area contributed by atoms with Crippen LogP contribution in [0.4, 0.5) is 0 Å². The molecule has 1 atom stereocenters. The number of aliphatic hydroxyl groups is 1. The van der Waals surface area contributed by atoms with E-state index in [-0.39, 0.29) is 0 Å². The van der Waals surface area contributed by atoms with Crippen LogP contribution in [0.15, 0.2) is 50.2 Å². The molecule has 0 aromatic carbocycles. The van der Waals surface area contributed by atoms with Crippen molar-refractivity contribution in [1.82, 2.24) is 9.80 Å². The third-order valence-corrected chi connectivity index (χ3v) is 5.79. The summed E-state index contributed by atoms with van der Waals surface area (Å²) in [5.74, 6) is 1.70. The van der Waals surface area contributed by atoms with E-state index in [2.05, 4.69) is 77.4 Å². The van der Waals surface area contributed by atoms with Gasteiger partial charge in [-0.3, -0.25) is 0 Å². The van der Waals surface area contributed by atoms with Crippen molar-refractivity contribution in [2.45, 2.75) is 72.3 Å². The maximum absolute atomic E-state index is 7.00. The first-order valence-electron chi connectivity index (χ1n) is 11.6. The van der Waals surface area contributed by atoms with E-state index in [1.165, 1.54) is 45.2 Å². The highest BCUT2D eigenvalue weighted by Crippen LogP contribution is 2.26. The van der Waals surface area contributed by atoms with Gasteiger partial charge in [0.05, 0.1) is 0 Å². The molecule has 2 aliphatic rings. The Bertz CT molecular complexity index is 471. The van der Waals surface area contributed by atoms with Crippen molar-refractivity contribution in [2.24, 2.45) is 17.6 Å². The second-order valence-electron chi connectivity index (χ2n) is 9.23. The van der Waals surface area contributed by atoms with Gasteiger partial charge in [0.15, 0.2) is 0 Å². The molecule has 2 heterocycles. The molecule has 0 saturated carbocycles. The maximum atomic E-state index is 7.00. The predicted molar refractivity (Wildman–Crippen MR) is 142 cm³/mol. The number of hydrogen-bond donors (Lipinski definition) is 2. The molecule has 0 spiro atoms. The highest BCUT2D eigenvalue weighted by molar-refractivity contribution is 5.05. The summed E-state index contributed by atoms with van der Waals surface area (Å²) in [5, 5.41) is 7.00. The molecule has 4 nitrogen and oxygen atoms in total. The van der Waals surface area contributed by atoms with Crippen LogP contribution in [0.25, 0.3) is 0 Å². The Labute approximate surface area is 195 Å². The number of nitrogens with zero attached hydrogens (tertiary/aromatic N) is 2. The van der Waals surface area contributed by atoms with Crippen LogP contribution in [0.1, 0.15) is 66.7 Å². The molecular weight excluding hydrogens is 382 g/mol. The molecule has 31 heavy (non-hydrogen) atoms. The van der Waals surface area contributed by atoms with E-state index in [4.69, 9.17) is 10.8 Å². The fraction of sp³-hybridized carbons (Fsp3) is 0.704. The van der Waals surface area contributed by atoms with Crippen molar-refractivity contribution in [3.05, 3.63) is 50.2 Å². The molecule has 0 bridgehead atoms. The van der Waals surface area contributed by atoms with Crippen molar-refractivity contribution in [1.29, 1.82) is 0 Å². The normalized spacial score (nSPS) is 18.8. The number of likely N-dealkylation sites (tertiary alicyclic amines) is 2. The van der Waals surface area contributed by atoms with Gasteiger partial charge in [0.2, 0.25) is 0 Å². The number of rotatable bonds is 6. The average molecular weight is 438 g/mol. The van der Waals surface area contributed by atoms with Crippen molar-refractivity contribution < 1.29 is 5.11 Å². The monoisotopic (exact) mass is 437 g/mol. The molecule has 2 rings (SSSR count). The van der Waals surface area contributed by atoms with Gasteiger partial charge < -0.3 is 20.6 Å². The summed E-state index contributed by atoms with van der Waals surface area (Å²) in [6, 6.07) is 0. The largest absolute Gasteiger partial charge is 0.400 e. The highest BCUT2D eigenvalue weighted by Gasteiger charge is 2.31. The Morgan fingerprint density at radius 1 is 1.19 bits per heavy atom. The van der Waals surface area contributed by atoms with Crippen molar-refractivity contribution >= 4 is 0 Å². The van der Waals surface area contributed by atoms with Gasteiger partial charge in [-0.2, -0.15) is 0 Å². The Balaban J connectivity index is -0.000000407. The van der Waals surface area contributed by atoms with Gasteiger partial charge in [-0.25, -0.2) is 0 Å². The Morgan fingerprint density at radius 2 is 1.68 bits per heavy atom. The first-order valence-corrected chi connectivity index (χ1v) is 11.6. The lowest BCUT2D eigenvalue weighted by molar-refractivity contribution is 0.0451. The van der Waals surface area contributed by atoms with E-state index in [0.29, 0.717) is 12.1 Å². The average Bonchev–Trinajstić information content (AvgIpc) is 2.79. The second-order valence-corrected chi connectivity index (χ2v) is 9.23. The molecular formula is C27H55N3O. The van der Waals surface area contributed by atoms with E-state index in [9.17, 15) is 0 Å². The molecule has 2 aliphatic heterocycles. The predicted octanol–water partition coefficient (Wildman–Crippen LogP) is 5.87. The third kappa shape index (κ3) is 18.0. The standard InChI is InChI=1S/C13H26N2.C6H13N.C5H8.C2H4.CH4O/c1-11(2)6-7-13-5-4-8-15(10-13)12(3)9-14;1-6(2)4-5-7(6)3;1-4-5(2)3;2*1-2/h11,13H,3-10,14H2,1-2H3;4-5H2,1-3H3;4H,1-2H2,3H3;1-2H2;2H,1H3. The summed E-state index contributed by atoms with van der Waals surface area (Å²) in [6.45, 7) is 32.3. The number of piperidine rings is 1. The molecule has 2 saturated heterocycles. The lowest BCUT2D eigenvalue weighted by Crippen LogP contribution is -2.52. The number of nitrogens with two attached hydrogens (primary N) is 1. The Hall–Kier alpha value is -1.36. The van der Waals surface area contributed by atoms with Gasteiger partial charge in [-0.05, 0) is 65.3 Å². The van der Waals surface area contributed by atoms with Crippen molar-refractivity contribution in [2.75, 3.05) is 40.3 Å². The van der Waals surface area contributed by atoms with E-state index < -0.39 is 0 Å². The van der Waals surface area contributed by atoms with Crippen LogP contribution in [0, 0.1) is 11.8 Å². The summed E-state index contributed by atoms with van der Waals surface area (Å²) in [5.41, 5.74) is 8.28. The molecule has 0 aromatic heterocycles. The molecule has 2 fully saturated rings. The Kier molecular flexibility index (Phi) is 22.7. The summed E-state index contributed by atoms with van der Waals surface area (Å²) in [4.78, 5) is 4.75. The quantitative estimate of drug-likeness (QED) is 0.403. The van der Waals surface area contributed by atoms with E-state index >= 15 is 0 Å². The fourth-order valence-electron chi connectivity index (χ4n) is 3.07. The SMILES string of the molecule is C=C.C=C(CN)N1CCCC(CCC(C)C)C1.C=CC(=C)C.CN1CCC1(C)C.CO. The van der Waals surface area contributed by atoms with Gasteiger partial charge in [-0.15, -0.1) is 13.2 Å². The zero-order chi connectivity index (χ0) is 25.0. The van der Waals surface area contributed by atoms with Crippen LogP contribution >= 0.6 is 0 Å². The lowest BCUT2D eigenvalue weighted by atomic mass is 9.90. The fourth-order valence-corrected chi connectivity index (χ4v) is 3.07.